The Morgan fingerprint density at radius 1 is 0.889 bits per heavy atom. The third kappa shape index (κ3) is 9.04. The fourth-order valence-corrected chi connectivity index (χ4v) is 5.06. The van der Waals surface area contributed by atoms with E-state index in [0.29, 0.717) is 22.9 Å². The fraction of sp³-hybridized carbons (Fsp3) is 0.500. The van der Waals surface area contributed by atoms with Gasteiger partial charge in [0.25, 0.3) is 5.56 Å². The van der Waals surface area contributed by atoms with Crippen molar-refractivity contribution in [2.75, 3.05) is 0 Å². The molecule has 0 amide bonds. The van der Waals surface area contributed by atoms with Crippen molar-refractivity contribution in [3.05, 3.63) is 86.2 Å². The first-order valence-corrected chi connectivity index (χ1v) is 13.9. The lowest BCUT2D eigenvalue weighted by Crippen LogP contribution is -2.22. The molecule has 1 aromatic carbocycles. The molecule has 0 aliphatic carbocycles. The number of aryl methyl sites for hydroxylation is 2. The first kappa shape index (κ1) is 27.8. The van der Waals surface area contributed by atoms with Crippen LogP contribution in [-0.4, -0.2) is 19.1 Å². The second-order valence-electron chi connectivity index (χ2n) is 9.32. The Morgan fingerprint density at radius 3 is 2.22 bits per heavy atom. The van der Waals surface area contributed by atoms with E-state index in [9.17, 15) is 14.0 Å². The van der Waals surface area contributed by atoms with Gasteiger partial charge in [0.15, 0.2) is 5.16 Å². The molecule has 0 N–H and O–H groups in total. The van der Waals surface area contributed by atoms with Gasteiger partial charge in [-0.3, -0.25) is 4.79 Å². The number of unbranched alkanes of at least 4 members (excludes halogenated alkanes) is 8. The smallest absolute Gasteiger partial charge is 0.327 e. The molecule has 0 radical (unpaired) electrons. The van der Waals surface area contributed by atoms with Crippen molar-refractivity contribution in [1.82, 2.24) is 19.1 Å². The first-order valence-electron chi connectivity index (χ1n) is 13.0. The summed E-state index contributed by atoms with van der Waals surface area (Å²) in [5.74, 6) is 0.343. The number of nitrogens with zero attached hydrogens (tertiary/aromatic N) is 4. The van der Waals surface area contributed by atoms with Crippen LogP contribution in [-0.2, 0) is 25.8 Å². The molecule has 0 saturated carbocycles. The number of aromatic nitrogens is 4. The summed E-state index contributed by atoms with van der Waals surface area (Å²) in [6.45, 7) is 3.02. The van der Waals surface area contributed by atoms with Crippen molar-refractivity contribution < 1.29 is 4.39 Å². The zero-order valence-electron chi connectivity index (χ0n) is 21.4. The van der Waals surface area contributed by atoms with Gasteiger partial charge in [0.1, 0.15) is 5.82 Å². The van der Waals surface area contributed by atoms with Crippen LogP contribution in [0.15, 0.2) is 57.6 Å². The Labute approximate surface area is 217 Å². The minimum atomic E-state index is -0.327. The molecule has 6 nitrogen and oxygen atoms in total. The predicted octanol–water partition coefficient (Wildman–Crippen LogP) is 5.89. The molecule has 8 heteroatoms. The molecule has 0 fully saturated rings. The molecule has 0 spiro atoms. The zero-order chi connectivity index (χ0) is 25.8. The van der Waals surface area contributed by atoms with Gasteiger partial charge in [-0.15, -0.1) is 0 Å². The molecule has 0 aliphatic rings. The van der Waals surface area contributed by atoms with Crippen molar-refractivity contribution in [3.63, 3.8) is 0 Å². The van der Waals surface area contributed by atoms with E-state index in [2.05, 4.69) is 21.5 Å². The van der Waals surface area contributed by atoms with Gasteiger partial charge in [-0.2, -0.15) is 4.98 Å². The molecule has 3 aromatic rings. The van der Waals surface area contributed by atoms with Gasteiger partial charge < -0.3 is 9.13 Å². The maximum absolute atomic E-state index is 13.3. The third-order valence-electron chi connectivity index (χ3n) is 6.21. The van der Waals surface area contributed by atoms with Gasteiger partial charge >= 0.3 is 5.69 Å². The molecular weight excluding hydrogens is 475 g/mol. The average molecular weight is 513 g/mol. The third-order valence-corrected chi connectivity index (χ3v) is 7.27. The number of thioether (sulfide) groups is 1. The summed E-state index contributed by atoms with van der Waals surface area (Å²) in [5.41, 5.74) is 1.75. The molecular formula is C28H37FN4O2S. The summed E-state index contributed by atoms with van der Waals surface area (Å²) in [7, 11) is 1.65. The molecule has 0 atom stereocenters. The highest BCUT2D eigenvalue weighted by molar-refractivity contribution is 7.98. The van der Waals surface area contributed by atoms with Crippen LogP contribution >= 0.6 is 11.8 Å². The monoisotopic (exact) mass is 512 g/mol. The number of hydrogen-bond acceptors (Lipinski definition) is 5. The maximum atomic E-state index is 13.3. The van der Waals surface area contributed by atoms with Crippen molar-refractivity contribution in [2.45, 2.75) is 88.6 Å². The standard InChI is InChI=1S/C28H37FN4O2S/c1-3-4-5-6-7-8-9-10-11-16-33-20-24(17-23-18-30-27(35)32(2)19-23)26(34)31-28(33)36-21-22-12-14-25(29)15-13-22/h12-15,18-20H,3-11,16-17,21H2,1-2H3. The lowest BCUT2D eigenvalue weighted by atomic mass is 10.1. The van der Waals surface area contributed by atoms with E-state index in [1.165, 1.54) is 79.6 Å². The Bertz CT molecular complexity index is 1210. The summed E-state index contributed by atoms with van der Waals surface area (Å²) < 4.78 is 16.7. The largest absolute Gasteiger partial charge is 0.347 e. The number of halogens is 1. The topological polar surface area (TPSA) is 69.8 Å². The van der Waals surface area contributed by atoms with Crippen LogP contribution in [0.5, 0.6) is 0 Å². The zero-order valence-corrected chi connectivity index (χ0v) is 22.2. The second kappa shape index (κ2) is 14.7. The van der Waals surface area contributed by atoms with Gasteiger partial charge in [0, 0.05) is 49.9 Å². The lowest BCUT2D eigenvalue weighted by molar-refractivity contribution is 0.513. The van der Waals surface area contributed by atoms with Gasteiger partial charge in [-0.25, -0.2) is 14.2 Å². The van der Waals surface area contributed by atoms with Gasteiger partial charge in [0.2, 0.25) is 0 Å². The van der Waals surface area contributed by atoms with Crippen LogP contribution in [0, 0.1) is 5.82 Å². The van der Waals surface area contributed by atoms with E-state index in [1.807, 2.05) is 6.20 Å². The number of rotatable bonds is 15. The highest BCUT2D eigenvalue weighted by Gasteiger charge is 2.11. The van der Waals surface area contributed by atoms with Crippen LogP contribution in [0.3, 0.4) is 0 Å². The predicted molar refractivity (Wildman–Crippen MR) is 144 cm³/mol. The summed E-state index contributed by atoms with van der Waals surface area (Å²) in [6.07, 6.45) is 16.7. The quantitative estimate of drug-likeness (QED) is 0.144. The summed E-state index contributed by atoms with van der Waals surface area (Å²) in [6, 6.07) is 6.41. The molecule has 0 bridgehead atoms. The Hall–Kier alpha value is -2.74. The Kier molecular flexibility index (Phi) is 11.4. The van der Waals surface area contributed by atoms with Crippen LogP contribution in [0.4, 0.5) is 4.39 Å². The average Bonchev–Trinajstić information content (AvgIpc) is 2.87. The lowest BCUT2D eigenvalue weighted by Gasteiger charge is -2.14. The maximum Gasteiger partial charge on any atom is 0.347 e. The summed E-state index contributed by atoms with van der Waals surface area (Å²) in [5, 5.41) is 0.672. The Morgan fingerprint density at radius 2 is 1.56 bits per heavy atom. The minimum absolute atomic E-state index is 0.263. The molecule has 0 aliphatic heterocycles. The highest BCUT2D eigenvalue weighted by Crippen LogP contribution is 2.22. The fourth-order valence-electron chi connectivity index (χ4n) is 4.12. The van der Waals surface area contributed by atoms with E-state index in [4.69, 9.17) is 0 Å². The molecule has 2 aromatic heterocycles. The second-order valence-corrected chi connectivity index (χ2v) is 10.3. The molecule has 2 heterocycles. The van der Waals surface area contributed by atoms with Crippen LogP contribution in [0.25, 0.3) is 0 Å². The van der Waals surface area contributed by atoms with E-state index in [0.717, 1.165) is 30.5 Å². The minimum Gasteiger partial charge on any atom is -0.327 e. The summed E-state index contributed by atoms with van der Waals surface area (Å²) >= 11 is 1.49. The summed E-state index contributed by atoms with van der Waals surface area (Å²) in [4.78, 5) is 32.7. The number of hydrogen-bond donors (Lipinski definition) is 0. The van der Waals surface area contributed by atoms with E-state index < -0.39 is 0 Å². The molecule has 36 heavy (non-hydrogen) atoms. The van der Waals surface area contributed by atoms with Crippen molar-refractivity contribution in [3.8, 4) is 0 Å². The van der Waals surface area contributed by atoms with Gasteiger partial charge in [-0.1, -0.05) is 82.2 Å². The van der Waals surface area contributed by atoms with Crippen LogP contribution in [0.1, 0.15) is 81.4 Å². The van der Waals surface area contributed by atoms with Crippen molar-refractivity contribution in [1.29, 1.82) is 0 Å². The molecule has 194 valence electrons. The van der Waals surface area contributed by atoms with Crippen LogP contribution in [0.2, 0.25) is 0 Å². The van der Waals surface area contributed by atoms with Crippen LogP contribution < -0.4 is 11.2 Å². The van der Waals surface area contributed by atoms with E-state index in [1.54, 1.807) is 25.4 Å². The molecule has 0 saturated heterocycles. The van der Waals surface area contributed by atoms with Crippen molar-refractivity contribution >= 4 is 11.8 Å². The molecule has 3 rings (SSSR count). The number of benzene rings is 1. The Balaban J connectivity index is 1.67. The van der Waals surface area contributed by atoms with Crippen molar-refractivity contribution in [2.24, 2.45) is 7.05 Å². The van der Waals surface area contributed by atoms with Gasteiger partial charge in [-0.05, 0) is 29.7 Å². The van der Waals surface area contributed by atoms with Gasteiger partial charge in [0.05, 0.1) is 0 Å². The normalized spacial score (nSPS) is 11.2. The van der Waals surface area contributed by atoms with E-state index in [-0.39, 0.29) is 17.1 Å². The highest BCUT2D eigenvalue weighted by atomic mass is 32.2. The first-order chi connectivity index (χ1) is 17.5. The van der Waals surface area contributed by atoms with E-state index >= 15 is 0 Å². The SMILES string of the molecule is CCCCCCCCCCCn1cc(Cc2cnc(=O)n(C)c2)c(=O)nc1SCc1ccc(F)cc1. The molecule has 0 unspecified atom stereocenters.